The predicted octanol–water partition coefficient (Wildman–Crippen LogP) is 5.06. The summed E-state index contributed by atoms with van der Waals surface area (Å²) < 4.78 is 82.9. The molecule has 0 fully saturated rings. The Morgan fingerprint density at radius 3 is 2.49 bits per heavy atom. The number of fused-ring (bicyclic) bond motifs is 1. The minimum atomic E-state index is -4.83. The molecular formula is C22H25F6N5O2. The molecule has 2 aromatic heterocycles. The van der Waals surface area contributed by atoms with Crippen molar-refractivity contribution in [3.63, 3.8) is 0 Å². The Morgan fingerprint density at radius 2 is 1.91 bits per heavy atom. The van der Waals surface area contributed by atoms with E-state index in [1.165, 1.54) is 0 Å². The summed E-state index contributed by atoms with van der Waals surface area (Å²) >= 11 is 0. The fourth-order valence-corrected chi connectivity index (χ4v) is 3.28. The van der Waals surface area contributed by atoms with Crippen LogP contribution in [-0.2, 0) is 17.4 Å². The number of nitrogens with two attached hydrogens (primary N) is 1. The van der Waals surface area contributed by atoms with Crippen molar-refractivity contribution in [3.8, 4) is 11.5 Å². The number of rotatable bonds is 4. The van der Waals surface area contributed by atoms with Gasteiger partial charge >= 0.3 is 12.4 Å². The second kappa shape index (κ2) is 10.9. The molecule has 1 aliphatic carbocycles. The first-order valence-corrected chi connectivity index (χ1v) is 10.7. The number of amides is 1. The standard InChI is InChI=1S/C20H19F6N5O2.C2H6/c1-9-8-29-15(20(24,25)26)6-10(9)18-31-16-11(4-3-5-13(16)33-18)30-17(32)12(28-2)7-14(27)19(21,22)23;1-2/h6-8,11H,3-5,27H2,1-2H3,(H,30,32);1-2H3/b14-7-,28-12?;. The number of hydrogen-bond donors (Lipinski definition) is 2. The number of alkyl halides is 6. The Morgan fingerprint density at radius 1 is 1.26 bits per heavy atom. The summed E-state index contributed by atoms with van der Waals surface area (Å²) in [5.74, 6) is -0.615. The predicted molar refractivity (Wildman–Crippen MR) is 116 cm³/mol. The zero-order valence-electron chi connectivity index (χ0n) is 19.4. The molecule has 2 heterocycles. The molecule has 0 bridgehead atoms. The molecule has 3 rings (SSSR count). The van der Waals surface area contributed by atoms with Crippen LogP contribution in [0.15, 0.2) is 33.4 Å². The van der Waals surface area contributed by atoms with Crippen LogP contribution in [0.5, 0.6) is 0 Å². The van der Waals surface area contributed by atoms with Gasteiger partial charge in [0.15, 0.2) is 0 Å². The van der Waals surface area contributed by atoms with Crippen LogP contribution in [0.2, 0.25) is 0 Å². The summed E-state index contributed by atoms with van der Waals surface area (Å²) in [5.41, 5.74) is 2.60. The summed E-state index contributed by atoms with van der Waals surface area (Å²) in [6, 6.07) is 0.0903. The van der Waals surface area contributed by atoms with Gasteiger partial charge in [-0.1, -0.05) is 13.8 Å². The molecule has 35 heavy (non-hydrogen) atoms. The van der Waals surface area contributed by atoms with Crippen LogP contribution >= 0.6 is 0 Å². The van der Waals surface area contributed by atoms with Crippen LogP contribution in [0.4, 0.5) is 26.3 Å². The molecule has 1 aliphatic rings. The zero-order valence-corrected chi connectivity index (χ0v) is 19.4. The molecule has 0 spiro atoms. The smallest absolute Gasteiger partial charge is 0.433 e. The van der Waals surface area contributed by atoms with Crippen molar-refractivity contribution >= 4 is 11.6 Å². The van der Waals surface area contributed by atoms with E-state index in [1.54, 1.807) is 6.92 Å². The Bertz CT molecular complexity index is 1120. The van der Waals surface area contributed by atoms with Crippen molar-refractivity contribution < 1.29 is 35.6 Å². The van der Waals surface area contributed by atoms with E-state index in [2.05, 4.69) is 20.3 Å². The van der Waals surface area contributed by atoms with E-state index in [-0.39, 0.29) is 17.1 Å². The third-order valence-electron chi connectivity index (χ3n) is 4.98. The number of carbonyl (C=O) groups excluding carboxylic acids is 1. The second-order valence-corrected chi connectivity index (χ2v) is 7.33. The number of nitrogens with zero attached hydrogens (tertiary/aromatic N) is 3. The first-order chi connectivity index (χ1) is 16.3. The first-order valence-electron chi connectivity index (χ1n) is 10.7. The molecule has 0 saturated heterocycles. The van der Waals surface area contributed by atoms with Crippen molar-refractivity contribution in [3.05, 3.63) is 46.7 Å². The molecule has 1 unspecified atom stereocenters. The molecule has 1 atom stereocenters. The molecule has 0 saturated carbocycles. The SMILES string of the molecule is CC.CN=C(/C=C(\N)C(F)(F)F)C(=O)NC1CCCc2oc(-c3cc(C(F)(F)F)ncc3C)nc21. The number of aromatic nitrogens is 2. The van der Waals surface area contributed by atoms with Gasteiger partial charge in [-0.3, -0.25) is 14.8 Å². The van der Waals surface area contributed by atoms with Crippen LogP contribution in [0.1, 0.15) is 55.4 Å². The maximum absolute atomic E-state index is 13.1. The number of carbonyl (C=O) groups is 1. The first kappa shape index (κ1) is 27.9. The van der Waals surface area contributed by atoms with E-state index in [4.69, 9.17) is 10.2 Å². The molecule has 13 heteroatoms. The van der Waals surface area contributed by atoms with Gasteiger partial charge in [0.05, 0.1) is 6.04 Å². The summed E-state index contributed by atoms with van der Waals surface area (Å²) in [4.78, 5) is 23.7. The largest absolute Gasteiger partial charge is 0.441 e. The third-order valence-corrected chi connectivity index (χ3v) is 4.98. The number of aryl methyl sites for hydroxylation is 2. The van der Waals surface area contributed by atoms with Gasteiger partial charge in [0.2, 0.25) is 5.89 Å². The average Bonchev–Trinajstić information content (AvgIpc) is 3.22. The maximum Gasteiger partial charge on any atom is 0.433 e. The lowest BCUT2D eigenvalue weighted by atomic mass is 9.96. The van der Waals surface area contributed by atoms with Gasteiger partial charge in [0.1, 0.15) is 28.6 Å². The second-order valence-electron chi connectivity index (χ2n) is 7.33. The number of oxazole rings is 1. The number of halogens is 6. The number of hydrogen-bond acceptors (Lipinski definition) is 6. The molecule has 0 aliphatic heterocycles. The molecule has 2 aromatic rings. The Kier molecular flexibility index (Phi) is 8.69. The quantitative estimate of drug-likeness (QED) is 0.446. The fourth-order valence-electron chi connectivity index (χ4n) is 3.28. The van der Waals surface area contributed by atoms with Gasteiger partial charge < -0.3 is 15.5 Å². The van der Waals surface area contributed by atoms with E-state index in [9.17, 15) is 31.1 Å². The maximum atomic E-state index is 13.1. The number of nitrogens with one attached hydrogen (secondary N) is 1. The zero-order chi connectivity index (χ0) is 26.6. The average molecular weight is 505 g/mol. The monoisotopic (exact) mass is 505 g/mol. The van der Waals surface area contributed by atoms with E-state index in [1.807, 2.05) is 13.8 Å². The van der Waals surface area contributed by atoms with Crippen LogP contribution in [0, 0.1) is 6.92 Å². The molecule has 192 valence electrons. The van der Waals surface area contributed by atoms with Crippen LogP contribution < -0.4 is 11.1 Å². The summed E-state index contributed by atoms with van der Waals surface area (Å²) in [6.07, 6.45) is -6.63. The van der Waals surface area contributed by atoms with Gasteiger partial charge in [0, 0.05) is 25.2 Å². The van der Waals surface area contributed by atoms with Gasteiger partial charge in [-0.25, -0.2) is 4.98 Å². The Hall–Kier alpha value is -3.38. The van der Waals surface area contributed by atoms with Crippen molar-refractivity contribution in [2.45, 2.75) is 58.4 Å². The number of pyridine rings is 1. The normalized spacial score (nSPS) is 16.8. The van der Waals surface area contributed by atoms with E-state index in [0.717, 1.165) is 19.3 Å². The highest BCUT2D eigenvalue weighted by molar-refractivity contribution is 6.43. The van der Waals surface area contributed by atoms with Gasteiger partial charge in [-0.05, 0) is 37.5 Å². The van der Waals surface area contributed by atoms with Crippen LogP contribution in [-0.4, -0.2) is 34.8 Å². The highest BCUT2D eigenvalue weighted by Gasteiger charge is 2.35. The van der Waals surface area contributed by atoms with Crippen molar-refractivity contribution in [2.75, 3.05) is 7.05 Å². The van der Waals surface area contributed by atoms with Gasteiger partial charge in [-0.2, -0.15) is 26.3 Å². The Balaban J connectivity index is 0.00000210. The fraction of sp³-hybridized carbons (Fsp3) is 0.455. The van der Waals surface area contributed by atoms with Crippen LogP contribution in [0.25, 0.3) is 11.5 Å². The van der Waals surface area contributed by atoms with Crippen molar-refractivity contribution in [1.82, 2.24) is 15.3 Å². The number of allylic oxidation sites excluding steroid dienone is 1. The van der Waals surface area contributed by atoms with Gasteiger partial charge in [0.25, 0.3) is 5.91 Å². The van der Waals surface area contributed by atoms with E-state index in [0.29, 0.717) is 36.7 Å². The van der Waals surface area contributed by atoms with Crippen LogP contribution in [0.3, 0.4) is 0 Å². The molecular weight excluding hydrogens is 480 g/mol. The summed E-state index contributed by atoms with van der Waals surface area (Å²) in [5, 5.41) is 2.55. The lowest BCUT2D eigenvalue weighted by Gasteiger charge is -2.21. The third kappa shape index (κ3) is 6.61. The van der Waals surface area contributed by atoms with Crippen molar-refractivity contribution in [1.29, 1.82) is 0 Å². The topological polar surface area (TPSA) is 106 Å². The molecule has 0 aromatic carbocycles. The number of aliphatic imine (C=N–C) groups is 1. The van der Waals surface area contributed by atoms with Gasteiger partial charge in [-0.15, -0.1) is 0 Å². The van der Waals surface area contributed by atoms with E-state index < -0.39 is 41.4 Å². The minimum Gasteiger partial charge on any atom is -0.441 e. The summed E-state index contributed by atoms with van der Waals surface area (Å²) in [6.45, 7) is 5.55. The molecule has 1 amide bonds. The molecule has 7 nitrogen and oxygen atoms in total. The molecule has 0 radical (unpaired) electrons. The minimum absolute atomic E-state index is 0.0721. The summed E-state index contributed by atoms with van der Waals surface area (Å²) in [7, 11) is 1.14. The van der Waals surface area contributed by atoms with E-state index >= 15 is 0 Å². The molecule has 3 N–H and O–H groups in total. The van der Waals surface area contributed by atoms with Crippen molar-refractivity contribution in [2.24, 2.45) is 10.7 Å². The highest BCUT2D eigenvalue weighted by Crippen LogP contribution is 2.36. The highest BCUT2D eigenvalue weighted by atomic mass is 19.4. The Labute approximate surface area is 197 Å². The lowest BCUT2D eigenvalue weighted by molar-refractivity contribution is -0.141. The lowest BCUT2D eigenvalue weighted by Crippen LogP contribution is -2.36.